The maximum absolute atomic E-state index is 12.2. The summed E-state index contributed by atoms with van der Waals surface area (Å²) >= 11 is 3.40. The van der Waals surface area contributed by atoms with Crippen LogP contribution in [0, 0.1) is 6.92 Å². The van der Waals surface area contributed by atoms with Gasteiger partial charge in [-0.3, -0.25) is 9.48 Å². The third-order valence-corrected chi connectivity index (χ3v) is 4.64. The zero-order chi connectivity index (χ0) is 17.1. The summed E-state index contributed by atoms with van der Waals surface area (Å²) in [5, 5.41) is 7.28. The number of carbonyl (C=O) groups is 1. The molecule has 1 aromatic carbocycles. The third-order valence-electron chi connectivity index (χ3n) is 3.87. The summed E-state index contributed by atoms with van der Waals surface area (Å²) in [7, 11) is 0. The zero-order valence-electron chi connectivity index (χ0n) is 13.6. The number of benzene rings is 1. The van der Waals surface area contributed by atoms with E-state index >= 15 is 0 Å². The van der Waals surface area contributed by atoms with Crippen molar-refractivity contribution in [3.8, 4) is 5.69 Å². The Morgan fingerprint density at radius 1 is 1.25 bits per heavy atom. The number of amides is 1. The van der Waals surface area contributed by atoms with Crippen molar-refractivity contribution in [3.05, 3.63) is 70.7 Å². The molecule has 2 aromatic heterocycles. The molecule has 0 aliphatic rings. The summed E-state index contributed by atoms with van der Waals surface area (Å²) in [6, 6.07) is 12.1. The molecule has 1 unspecified atom stereocenters. The second kappa shape index (κ2) is 7.05. The first-order chi connectivity index (χ1) is 11.5. The van der Waals surface area contributed by atoms with E-state index in [0.29, 0.717) is 0 Å². The molecule has 124 valence electrons. The standard InChI is InChI=1S/C18H19BrN4O/c1-13(20-18(24)12-23-11-17(19)14(2)21-23)15-5-7-16(8-6-15)22-9-3-4-10-22/h3-11,13H,12H2,1-2H3,(H,20,24). The number of carbonyl (C=O) groups excluding carboxylic acids is 1. The van der Waals surface area contributed by atoms with E-state index in [2.05, 4.69) is 26.3 Å². The van der Waals surface area contributed by atoms with Gasteiger partial charge in [-0.15, -0.1) is 0 Å². The van der Waals surface area contributed by atoms with Gasteiger partial charge in [-0.1, -0.05) is 12.1 Å². The smallest absolute Gasteiger partial charge is 0.242 e. The fraction of sp³-hybridized carbons (Fsp3) is 0.222. The minimum Gasteiger partial charge on any atom is -0.348 e. The molecule has 1 N–H and O–H groups in total. The lowest BCUT2D eigenvalue weighted by molar-refractivity contribution is -0.122. The highest BCUT2D eigenvalue weighted by Gasteiger charge is 2.11. The summed E-state index contributed by atoms with van der Waals surface area (Å²) < 4.78 is 4.59. The number of hydrogen-bond donors (Lipinski definition) is 1. The van der Waals surface area contributed by atoms with Crippen molar-refractivity contribution in [2.45, 2.75) is 26.4 Å². The molecular formula is C18H19BrN4O. The van der Waals surface area contributed by atoms with E-state index in [4.69, 9.17) is 0 Å². The van der Waals surface area contributed by atoms with Gasteiger partial charge < -0.3 is 9.88 Å². The van der Waals surface area contributed by atoms with Gasteiger partial charge >= 0.3 is 0 Å². The van der Waals surface area contributed by atoms with E-state index in [9.17, 15) is 4.79 Å². The molecular weight excluding hydrogens is 368 g/mol. The molecule has 0 spiro atoms. The van der Waals surface area contributed by atoms with Gasteiger partial charge in [0.05, 0.1) is 16.2 Å². The highest BCUT2D eigenvalue weighted by molar-refractivity contribution is 9.10. The van der Waals surface area contributed by atoms with E-state index in [1.54, 1.807) is 4.68 Å². The number of halogens is 1. The van der Waals surface area contributed by atoms with E-state index in [1.807, 2.05) is 73.4 Å². The van der Waals surface area contributed by atoms with Gasteiger partial charge in [0.2, 0.25) is 5.91 Å². The summed E-state index contributed by atoms with van der Waals surface area (Å²) in [5.74, 6) is -0.0630. The van der Waals surface area contributed by atoms with Crippen LogP contribution in [0.3, 0.4) is 0 Å². The highest BCUT2D eigenvalue weighted by atomic mass is 79.9. The second-order valence-corrected chi connectivity index (χ2v) is 6.59. The molecule has 1 atom stereocenters. The van der Waals surface area contributed by atoms with E-state index in [0.717, 1.165) is 21.4 Å². The van der Waals surface area contributed by atoms with Crippen molar-refractivity contribution in [1.29, 1.82) is 0 Å². The van der Waals surface area contributed by atoms with E-state index < -0.39 is 0 Å². The molecule has 3 aromatic rings. The van der Waals surface area contributed by atoms with Gasteiger partial charge in [0.15, 0.2) is 0 Å². The number of aryl methyl sites for hydroxylation is 1. The highest BCUT2D eigenvalue weighted by Crippen LogP contribution is 2.16. The fourth-order valence-electron chi connectivity index (χ4n) is 2.53. The number of nitrogens with one attached hydrogen (secondary N) is 1. The Hall–Kier alpha value is -2.34. The van der Waals surface area contributed by atoms with Gasteiger partial charge in [0, 0.05) is 24.3 Å². The summed E-state index contributed by atoms with van der Waals surface area (Å²) in [6.45, 7) is 4.08. The van der Waals surface area contributed by atoms with Gasteiger partial charge in [-0.2, -0.15) is 5.10 Å². The minimum atomic E-state index is -0.0630. The lowest BCUT2D eigenvalue weighted by Crippen LogP contribution is -2.30. The lowest BCUT2D eigenvalue weighted by atomic mass is 10.1. The molecule has 0 saturated heterocycles. The van der Waals surface area contributed by atoms with Gasteiger partial charge in [-0.25, -0.2) is 0 Å². The molecule has 0 bridgehead atoms. The van der Waals surface area contributed by atoms with Crippen molar-refractivity contribution in [2.75, 3.05) is 0 Å². The molecule has 2 heterocycles. The Kier molecular flexibility index (Phi) is 4.85. The Morgan fingerprint density at radius 2 is 1.92 bits per heavy atom. The van der Waals surface area contributed by atoms with E-state index in [1.165, 1.54) is 0 Å². The molecule has 0 radical (unpaired) electrons. The predicted octanol–water partition coefficient (Wildman–Crippen LogP) is 3.62. The number of hydrogen-bond acceptors (Lipinski definition) is 2. The van der Waals surface area contributed by atoms with Gasteiger partial charge in [0.1, 0.15) is 6.54 Å². The Bertz CT molecular complexity index is 802. The molecule has 24 heavy (non-hydrogen) atoms. The monoisotopic (exact) mass is 386 g/mol. The van der Waals surface area contributed by atoms with Crippen LogP contribution in [0.1, 0.15) is 24.2 Å². The lowest BCUT2D eigenvalue weighted by Gasteiger charge is -2.15. The fourth-order valence-corrected chi connectivity index (χ4v) is 2.85. The predicted molar refractivity (Wildman–Crippen MR) is 97.0 cm³/mol. The normalized spacial score (nSPS) is 12.1. The summed E-state index contributed by atoms with van der Waals surface area (Å²) in [5.41, 5.74) is 3.03. The number of rotatable bonds is 5. The Morgan fingerprint density at radius 3 is 2.50 bits per heavy atom. The van der Waals surface area contributed by atoms with Gasteiger partial charge in [0.25, 0.3) is 0 Å². The maximum Gasteiger partial charge on any atom is 0.242 e. The van der Waals surface area contributed by atoms with Crippen LogP contribution in [0.4, 0.5) is 0 Å². The van der Waals surface area contributed by atoms with Crippen LogP contribution in [0.25, 0.3) is 5.69 Å². The van der Waals surface area contributed by atoms with Crippen molar-refractivity contribution in [1.82, 2.24) is 19.7 Å². The second-order valence-electron chi connectivity index (χ2n) is 5.73. The Labute approximate surface area is 149 Å². The first-order valence-corrected chi connectivity index (χ1v) is 8.54. The molecule has 0 aliphatic heterocycles. The molecule has 3 rings (SSSR count). The Balaban J connectivity index is 1.61. The van der Waals surface area contributed by atoms with Crippen molar-refractivity contribution in [3.63, 3.8) is 0 Å². The van der Waals surface area contributed by atoms with Crippen LogP contribution in [-0.4, -0.2) is 20.3 Å². The van der Waals surface area contributed by atoms with Crippen LogP contribution in [0.2, 0.25) is 0 Å². The van der Waals surface area contributed by atoms with Crippen LogP contribution >= 0.6 is 15.9 Å². The molecule has 0 saturated carbocycles. The largest absolute Gasteiger partial charge is 0.348 e. The first kappa shape index (κ1) is 16.5. The SMILES string of the molecule is Cc1nn(CC(=O)NC(C)c2ccc(-n3cccc3)cc2)cc1Br. The van der Waals surface area contributed by atoms with Crippen LogP contribution in [0.15, 0.2) is 59.5 Å². The molecule has 5 nitrogen and oxygen atoms in total. The van der Waals surface area contributed by atoms with Crippen molar-refractivity contribution in [2.24, 2.45) is 0 Å². The third kappa shape index (κ3) is 3.76. The van der Waals surface area contributed by atoms with Gasteiger partial charge in [-0.05, 0) is 59.6 Å². The van der Waals surface area contributed by atoms with Crippen molar-refractivity contribution < 1.29 is 4.79 Å². The first-order valence-electron chi connectivity index (χ1n) is 7.75. The topological polar surface area (TPSA) is 51.9 Å². The average molecular weight is 387 g/mol. The summed E-state index contributed by atoms with van der Waals surface area (Å²) in [6.07, 6.45) is 5.82. The molecule has 0 fully saturated rings. The number of nitrogens with zero attached hydrogens (tertiary/aromatic N) is 3. The van der Waals surface area contributed by atoms with Crippen LogP contribution in [0.5, 0.6) is 0 Å². The molecule has 1 amide bonds. The number of aromatic nitrogens is 3. The van der Waals surface area contributed by atoms with Crippen LogP contribution in [-0.2, 0) is 11.3 Å². The summed E-state index contributed by atoms with van der Waals surface area (Å²) in [4.78, 5) is 12.2. The van der Waals surface area contributed by atoms with E-state index in [-0.39, 0.29) is 18.5 Å². The quantitative estimate of drug-likeness (QED) is 0.727. The minimum absolute atomic E-state index is 0.0590. The molecule has 0 aliphatic carbocycles. The average Bonchev–Trinajstić information content (AvgIpc) is 3.18. The molecule has 6 heteroatoms. The van der Waals surface area contributed by atoms with Crippen LogP contribution < -0.4 is 5.32 Å². The maximum atomic E-state index is 12.2. The zero-order valence-corrected chi connectivity index (χ0v) is 15.2. The van der Waals surface area contributed by atoms with Crippen molar-refractivity contribution >= 4 is 21.8 Å².